The zero-order valence-electron chi connectivity index (χ0n) is 11.6. The van der Waals surface area contributed by atoms with Crippen molar-refractivity contribution in [2.45, 2.75) is 25.3 Å². The van der Waals surface area contributed by atoms with Gasteiger partial charge in [-0.3, -0.25) is 4.79 Å². The second-order valence-electron chi connectivity index (χ2n) is 4.95. The second kappa shape index (κ2) is 6.33. The summed E-state index contributed by atoms with van der Waals surface area (Å²) in [4.78, 5) is 12.2. The first-order valence-corrected chi connectivity index (χ1v) is 6.91. The van der Waals surface area contributed by atoms with Crippen molar-refractivity contribution in [3.8, 4) is 11.5 Å². The summed E-state index contributed by atoms with van der Waals surface area (Å²) < 4.78 is 10.4. The molecule has 1 fully saturated rings. The van der Waals surface area contributed by atoms with Crippen LogP contribution in [0.5, 0.6) is 11.5 Å². The molecule has 2 unspecified atom stereocenters. The minimum atomic E-state index is -0.0490. The molecule has 0 radical (unpaired) electrons. The zero-order valence-corrected chi connectivity index (χ0v) is 12.4. The highest BCUT2D eigenvalue weighted by atomic mass is 35.5. The van der Waals surface area contributed by atoms with E-state index in [9.17, 15) is 4.79 Å². The first kappa shape index (κ1) is 14.9. The molecule has 2 rings (SSSR count). The van der Waals surface area contributed by atoms with Gasteiger partial charge in [0.1, 0.15) is 0 Å². The van der Waals surface area contributed by atoms with Crippen molar-refractivity contribution in [3.05, 3.63) is 17.2 Å². The number of carbonyl (C=O) groups excluding carboxylic acids is 1. The Hall–Kier alpha value is -1.46. The molecule has 0 spiro atoms. The molecule has 0 aliphatic heterocycles. The normalized spacial score (nSPS) is 21.6. The van der Waals surface area contributed by atoms with E-state index in [-0.39, 0.29) is 17.9 Å². The predicted molar refractivity (Wildman–Crippen MR) is 78.5 cm³/mol. The van der Waals surface area contributed by atoms with Crippen molar-refractivity contribution in [1.29, 1.82) is 0 Å². The van der Waals surface area contributed by atoms with Gasteiger partial charge in [-0.05, 0) is 19.3 Å². The molecule has 2 atom stereocenters. The number of rotatable bonds is 4. The number of halogens is 1. The highest BCUT2D eigenvalue weighted by Gasteiger charge is 2.28. The summed E-state index contributed by atoms with van der Waals surface area (Å²) in [5, 5.41) is 3.25. The average molecular weight is 299 g/mol. The molecular weight excluding hydrogens is 280 g/mol. The molecule has 1 aromatic rings. The van der Waals surface area contributed by atoms with E-state index >= 15 is 0 Å². The standard InChI is InChI=1S/C14H19ClN2O3/c1-19-12-6-10(15)11(7-13(12)20-2)17-14(18)8-3-4-9(16)5-8/h6-9H,3-5,16H2,1-2H3,(H,17,18). The summed E-state index contributed by atoms with van der Waals surface area (Å²) in [5.41, 5.74) is 6.35. The van der Waals surface area contributed by atoms with Gasteiger partial charge in [-0.2, -0.15) is 0 Å². The van der Waals surface area contributed by atoms with Crippen LogP contribution in [0.2, 0.25) is 5.02 Å². The molecule has 5 nitrogen and oxygen atoms in total. The molecule has 0 aromatic heterocycles. The highest BCUT2D eigenvalue weighted by molar-refractivity contribution is 6.34. The maximum absolute atomic E-state index is 12.2. The Bertz CT molecular complexity index is 507. The van der Waals surface area contributed by atoms with E-state index in [1.54, 1.807) is 12.1 Å². The molecule has 1 aromatic carbocycles. The van der Waals surface area contributed by atoms with Gasteiger partial charge in [-0.25, -0.2) is 0 Å². The monoisotopic (exact) mass is 298 g/mol. The van der Waals surface area contributed by atoms with Crippen LogP contribution in [0.25, 0.3) is 0 Å². The lowest BCUT2D eigenvalue weighted by molar-refractivity contribution is -0.119. The molecule has 20 heavy (non-hydrogen) atoms. The third-order valence-corrected chi connectivity index (χ3v) is 3.89. The van der Waals surface area contributed by atoms with E-state index in [4.69, 9.17) is 26.8 Å². The Morgan fingerprint density at radius 2 is 1.95 bits per heavy atom. The Morgan fingerprint density at radius 3 is 2.50 bits per heavy atom. The highest BCUT2D eigenvalue weighted by Crippen LogP contribution is 2.36. The summed E-state index contributed by atoms with van der Waals surface area (Å²) >= 11 is 6.14. The van der Waals surface area contributed by atoms with Gasteiger partial charge in [-0.1, -0.05) is 11.6 Å². The van der Waals surface area contributed by atoms with Crippen LogP contribution in [0.4, 0.5) is 5.69 Å². The largest absolute Gasteiger partial charge is 0.493 e. The fourth-order valence-corrected chi connectivity index (χ4v) is 2.64. The number of hydrogen-bond donors (Lipinski definition) is 2. The van der Waals surface area contributed by atoms with Gasteiger partial charge >= 0.3 is 0 Å². The number of hydrogen-bond acceptors (Lipinski definition) is 4. The molecule has 3 N–H and O–H groups in total. The number of anilines is 1. The number of nitrogens with one attached hydrogen (secondary N) is 1. The predicted octanol–water partition coefficient (Wildman–Crippen LogP) is 2.42. The van der Waals surface area contributed by atoms with Gasteiger partial charge < -0.3 is 20.5 Å². The molecule has 0 bridgehead atoms. The van der Waals surface area contributed by atoms with Crippen LogP contribution in [0.1, 0.15) is 19.3 Å². The molecule has 1 saturated carbocycles. The minimum absolute atomic E-state index is 0.0471. The van der Waals surface area contributed by atoms with Crippen LogP contribution in [0.15, 0.2) is 12.1 Å². The molecule has 1 aliphatic carbocycles. The van der Waals surface area contributed by atoms with E-state index in [2.05, 4.69) is 5.32 Å². The van der Waals surface area contributed by atoms with Gasteiger partial charge in [-0.15, -0.1) is 0 Å². The van der Waals surface area contributed by atoms with Crippen molar-refractivity contribution in [1.82, 2.24) is 0 Å². The summed E-state index contributed by atoms with van der Waals surface area (Å²) in [6.45, 7) is 0. The van der Waals surface area contributed by atoms with Crippen LogP contribution in [-0.2, 0) is 4.79 Å². The fourth-order valence-electron chi connectivity index (χ4n) is 2.44. The van der Waals surface area contributed by atoms with Gasteiger partial charge in [0.2, 0.25) is 5.91 Å². The van der Waals surface area contributed by atoms with E-state index in [1.807, 2.05) is 0 Å². The van der Waals surface area contributed by atoms with Crippen molar-refractivity contribution < 1.29 is 14.3 Å². The number of benzene rings is 1. The minimum Gasteiger partial charge on any atom is -0.493 e. The SMILES string of the molecule is COc1cc(Cl)c(NC(=O)C2CCC(N)C2)cc1OC. The number of carbonyl (C=O) groups is 1. The molecule has 6 heteroatoms. The summed E-state index contributed by atoms with van der Waals surface area (Å²) in [5.74, 6) is 0.954. The Balaban J connectivity index is 2.14. The van der Waals surface area contributed by atoms with Crippen LogP contribution < -0.4 is 20.5 Å². The zero-order chi connectivity index (χ0) is 14.7. The Labute approximate surface area is 123 Å². The lowest BCUT2D eigenvalue weighted by atomic mass is 10.1. The quantitative estimate of drug-likeness (QED) is 0.895. The first-order chi connectivity index (χ1) is 9.55. The van der Waals surface area contributed by atoms with Crippen LogP contribution in [0.3, 0.4) is 0 Å². The summed E-state index contributed by atoms with van der Waals surface area (Å²) in [7, 11) is 3.07. The lowest BCUT2D eigenvalue weighted by Crippen LogP contribution is -2.23. The van der Waals surface area contributed by atoms with Crippen molar-refractivity contribution in [2.24, 2.45) is 11.7 Å². The number of methoxy groups -OCH3 is 2. The first-order valence-electron chi connectivity index (χ1n) is 6.53. The third-order valence-electron chi connectivity index (χ3n) is 3.58. The van der Waals surface area contributed by atoms with Crippen LogP contribution in [-0.4, -0.2) is 26.2 Å². The molecule has 1 amide bonds. The lowest BCUT2D eigenvalue weighted by Gasteiger charge is -2.15. The van der Waals surface area contributed by atoms with Crippen molar-refractivity contribution in [3.63, 3.8) is 0 Å². The van der Waals surface area contributed by atoms with Gasteiger partial charge in [0, 0.05) is 24.1 Å². The number of nitrogens with two attached hydrogens (primary N) is 1. The van der Waals surface area contributed by atoms with Gasteiger partial charge in [0.05, 0.1) is 24.9 Å². The third kappa shape index (κ3) is 3.16. The van der Waals surface area contributed by atoms with Crippen LogP contribution >= 0.6 is 11.6 Å². The number of ether oxygens (including phenoxy) is 2. The smallest absolute Gasteiger partial charge is 0.227 e. The average Bonchev–Trinajstić information content (AvgIpc) is 2.87. The van der Waals surface area contributed by atoms with E-state index in [0.717, 1.165) is 19.3 Å². The van der Waals surface area contributed by atoms with E-state index in [0.29, 0.717) is 22.2 Å². The Morgan fingerprint density at radius 1 is 1.30 bits per heavy atom. The van der Waals surface area contributed by atoms with E-state index < -0.39 is 0 Å². The molecule has 110 valence electrons. The second-order valence-corrected chi connectivity index (χ2v) is 5.35. The molecule has 0 saturated heterocycles. The summed E-state index contributed by atoms with van der Waals surface area (Å²) in [6.07, 6.45) is 2.42. The maximum Gasteiger partial charge on any atom is 0.227 e. The van der Waals surface area contributed by atoms with Gasteiger partial charge in [0.15, 0.2) is 11.5 Å². The van der Waals surface area contributed by atoms with Gasteiger partial charge in [0.25, 0.3) is 0 Å². The molecular formula is C14H19ClN2O3. The summed E-state index contributed by atoms with van der Waals surface area (Å²) in [6, 6.07) is 3.40. The maximum atomic E-state index is 12.2. The number of amides is 1. The fraction of sp³-hybridized carbons (Fsp3) is 0.500. The molecule has 1 aliphatic rings. The topological polar surface area (TPSA) is 73.6 Å². The van der Waals surface area contributed by atoms with E-state index in [1.165, 1.54) is 14.2 Å². The van der Waals surface area contributed by atoms with Crippen molar-refractivity contribution >= 4 is 23.2 Å². The molecule has 0 heterocycles. The van der Waals surface area contributed by atoms with Crippen molar-refractivity contribution in [2.75, 3.05) is 19.5 Å². The Kier molecular flexibility index (Phi) is 4.73. The van der Waals surface area contributed by atoms with Crippen LogP contribution in [0, 0.1) is 5.92 Å².